The predicted octanol–water partition coefficient (Wildman–Crippen LogP) is 2.13. The molecule has 0 fully saturated rings. The van der Waals surface area contributed by atoms with Crippen molar-refractivity contribution in [3.8, 4) is 0 Å². The topological polar surface area (TPSA) is 54.9 Å². The lowest BCUT2D eigenvalue weighted by Gasteiger charge is -2.08. The van der Waals surface area contributed by atoms with Gasteiger partial charge in [-0.3, -0.25) is 9.36 Å². The van der Waals surface area contributed by atoms with Crippen LogP contribution in [0.25, 0.3) is 10.9 Å². The smallest absolute Gasteiger partial charge is 0.307 e. The summed E-state index contributed by atoms with van der Waals surface area (Å²) in [5, 5.41) is 0.525. The van der Waals surface area contributed by atoms with Gasteiger partial charge in [-0.25, -0.2) is 4.79 Å². The summed E-state index contributed by atoms with van der Waals surface area (Å²) in [6.07, 6.45) is 0.919. The van der Waals surface area contributed by atoms with Crippen LogP contribution in [0.1, 0.15) is 19.4 Å². The van der Waals surface area contributed by atoms with Crippen LogP contribution < -0.4 is 11.2 Å². The van der Waals surface area contributed by atoms with Crippen molar-refractivity contribution in [1.82, 2.24) is 9.55 Å². The highest BCUT2D eigenvalue weighted by atomic mass is 35.5. The van der Waals surface area contributed by atoms with Gasteiger partial charge < -0.3 is 4.98 Å². The number of halogens is 1. The van der Waals surface area contributed by atoms with Gasteiger partial charge in [-0.05, 0) is 30.0 Å². The summed E-state index contributed by atoms with van der Waals surface area (Å²) in [5.41, 5.74) is 1.03. The van der Waals surface area contributed by atoms with Crippen LogP contribution in [0.3, 0.4) is 0 Å². The molecule has 2 rings (SSSR count). The minimum atomic E-state index is -0.403. The average molecular weight is 281 g/mol. The summed E-state index contributed by atoms with van der Waals surface area (Å²) in [4.78, 5) is 26.7. The molecule has 4 nitrogen and oxygen atoms in total. The van der Waals surface area contributed by atoms with E-state index in [1.807, 2.05) is 12.1 Å². The molecule has 0 saturated carbocycles. The van der Waals surface area contributed by atoms with Gasteiger partial charge in [-0.2, -0.15) is 0 Å². The third-order valence-corrected chi connectivity index (χ3v) is 3.17. The molecule has 5 heteroatoms. The SMILES string of the molecule is CC(C)Cc1ccc2c(=O)n(CCCl)c(=O)[nH]c2c1. The second kappa shape index (κ2) is 5.61. The number of nitrogens with zero attached hydrogens (tertiary/aromatic N) is 1. The molecule has 0 amide bonds. The van der Waals surface area contributed by atoms with Gasteiger partial charge in [0.1, 0.15) is 0 Å². The number of H-pyrrole nitrogens is 1. The Hall–Kier alpha value is -1.55. The van der Waals surface area contributed by atoms with Crippen LogP contribution in [0, 0.1) is 5.92 Å². The Morgan fingerprint density at radius 3 is 2.68 bits per heavy atom. The minimum absolute atomic E-state index is 0.222. The molecule has 0 radical (unpaired) electrons. The van der Waals surface area contributed by atoms with Crippen molar-refractivity contribution in [1.29, 1.82) is 0 Å². The van der Waals surface area contributed by atoms with Gasteiger partial charge in [0.2, 0.25) is 0 Å². The Kier molecular flexibility index (Phi) is 4.10. The van der Waals surface area contributed by atoms with Crippen LogP contribution in [0.15, 0.2) is 27.8 Å². The quantitative estimate of drug-likeness (QED) is 0.872. The Morgan fingerprint density at radius 1 is 1.32 bits per heavy atom. The molecule has 0 saturated heterocycles. The first-order valence-corrected chi connectivity index (χ1v) is 6.88. The molecule has 19 heavy (non-hydrogen) atoms. The molecule has 0 aliphatic rings. The number of nitrogens with one attached hydrogen (secondary N) is 1. The van der Waals surface area contributed by atoms with E-state index in [-0.39, 0.29) is 18.0 Å². The molecule has 1 heterocycles. The van der Waals surface area contributed by atoms with Crippen LogP contribution in [0.4, 0.5) is 0 Å². The molecule has 1 aromatic carbocycles. The molecule has 0 aliphatic carbocycles. The number of rotatable bonds is 4. The third kappa shape index (κ3) is 2.89. The van der Waals surface area contributed by atoms with Crippen molar-refractivity contribution < 1.29 is 0 Å². The average Bonchev–Trinajstić information content (AvgIpc) is 2.33. The van der Waals surface area contributed by atoms with Crippen LogP contribution in [-0.2, 0) is 13.0 Å². The van der Waals surface area contributed by atoms with Crippen LogP contribution >= 0.6 is 11.6 Å². The van der Waals surface area contributed by atoms with E-state index in [4.69, 9.17) is 11.6 Å². The first-order valence-electron chi connectivity index (χ1n) is 6.34. The first-order chi connectivity index (χ1) is 9.02. The molecule has 0 spiro atoms. The van der Waals surface area contributed by atoms with E-state index in [1.54, 1.807) is 6.07 Å². The fraction of sp³-hybridized carbons (Fsp3) is 0.429. The van der Waals surface area contributed by atoms with E-state index >= 15 is 0 Å². The second-order valence-corrected chi connectivity index (χ2v) is 5.43. The van der Waals surface area contributed by atoms with Crippen molar-refractivity contribution >= 4 is 22.5 Å². The maximum absolute atomic E-state index is 12.2. The van der Waals surface area contributed by atoms with Crippen LogP contribution in [0.2, 0.25) is 0 Å². The molecule has 0 atom stereocenters. The number of aromatic amines is 1. The second-order valence-electron chi connectivity index (χ2n) is 5.05. The zero-order valence-corrected chi connectivity index (χ0v) is 11.8. The standard InChI is InChI=1S/C14H17ClN2O2/c1-9(2)7-10-3-4-11-12(8-10)16-14(19)17(6-5-15)13(11)18/h3-4,8-9H,5-7H2,1-2H3,(H,16,19). The lowest BCUT2D eigenvalue weighted by Crippen LogP contribution is -2.35. The van der Waals surface area contributed by atoms with Crippen LogP contribution in [-0.4, -0.2) is 15.4 Å². The van der Waals surface area contributed by atoms with Gasteiger partial charge >= 0.3 is 5.69 Å². The van der Waals surface area contributed by atoms with E-state index in [0.717, 1.165) is 16.6 Å². The zero-order chi connectivity index (χ0) is 14.0. The highest BCUT2D eigenvalue weighted by Crippen LogP contribution is 2.13. The highest BCUT2D eigenvalue weighted by molar-refractivity contribution is 6.17. The normalized spacial score (nSPS) is 11.4. The van der Waals surface area contributed by atoms with E-state index in [9.17, 15) is 9.59 Å². The highest BCUT2D eigenvalue weighted by Gasteiger charge is 2.08. The first kappa shape index (κ1) is 13.9. The predicted molar refractivity (Wildman–Crippen MR) is 78.1 cm³/mol. The summed E-state index contributed by atoms with van der Waals surface area (Å²) in [7, 11) is 0. The van der Waals surface area contributed by atoms with Crippen LogP contribution in [0.5, 0.6) is 0 Å². The number of aromatic nitrogens is 2. The Balaban J connectivity index is 2.60. The fourth-order valence-corrected chi connectivity index (χ4v) is 2.36. The summed E-state index contributed by atoms with van der Waals surface area (Å²) in [6.45, 7) is 4.48. The molecule has 102 valence electrons. The van der Waals surface area contributed by atoms with E-state index in [1.165, 1.54) is 0 Å². The Bertz CT molecular complexity index is 701. The molecule has 1 N–H and O–H groups in total. The molecule has 0 aliphatic heterocycles. The number of hydrogen-bond acceptors (Lipinski definition) is 2. The zero-order valence-electron chi connectivity index (χ0n) is 11.1. The van der Waals surface area contributed by atoms with Gasteiger partial charge in [0.15, 0.2) is 0 Å². The Labute approximate surface area is 116 Å². The lowest BCUT2D eigenvalue weighted by molar-refractivity contribution is 0.647. The van der Waals surface area contributed by atoms with Gasteiger partial charge in [0.05, 0.1) is 10.9 Å². The third-order valence-electron chi connectivity index (χ3n) is 3.00. The summed E-state index contributed by atoms with van der Waals surface area (Å²) in [6, 6.07) is 5.59. The molecule has 0 unspecified atom stereocenters. The molecule has 1 aromatic heterocycles. The number of benzene rings is 1. The fourth-order valence-electron chi connectivity index (χ4n) is 2.19. The maximum Gasteiger partial charge on any atom is 0.328 e. The molecular weight excluding hydrogens is 264 g/mol. The van der Waals surface area contributed by atoms with E-state index < -0.39 is 5.69 Å². The van der Waals surface area contributed by atoms with Gasteiger partial charge in [-0.15, -0.1) is 11.6 Å². The summed E-state index contributed by atoms with van der Waals surface area (Å²) < 4.78 is 1.14. The summed E-state index contributed by atoms with van der Waals surface area (Å²) >= 11 is 5.60. The van der Waals surface area contributed by atoms with E-state index in [0.29, 0.717) is 16.8 Å². The lowest BCUT2D eigenvalue weighted by atomic mass is 10.0. The summed E-state index contributed by atoms with van der Waals surface area (Å²) in [5.74, 6) is 0.765. The van der Waals surface area contributed by atoms with Gasteiger partial charge in [0.25, 0.3) is 5.56 Å². The van der Waals surface area contributed by atoms with Crippen molar-refractivity contribution in [2.24, 2.45) is 5.92 Å². The Morgan fingerprint density at radius 2 is 2.05 bits per heavy atom. The monoisotopic (exact) mass is 280 g/mol. The maximum atomic E-state index is 12.2. The number of fused-ring (bicyclic) bond motifs is 1. The van der Waals surface area contributed by atoms with Crippen molar-refractivity contribution in [2.75, 3.05) is 5.88 Å². The molecule has 0 bridgehead atoms. The van der Waals surface area contributed by atoms with Gasteiger partial charge in [0, 0.05) is 12.4 Å². The molecular formula is C14H17ClN2O2. The largest absolute Gasteiger partial charge is 0.328 e. The molecule has 2 aromatic rings. The van der Waals surface area contributed by atoms with Crippen molar-refractivity contribution in [3.63, 3.8) is 0 Å². The van der Waals surface area contributed by atoms with Crippen molar-refractivity contribution in [3.05, 3.63) is 44.6 Å². The van der Waals surface area contributed by atoms with E-state index in [2.05, 4.69) is 18.8 Å². The number of hydrogen-bond donors (Lipinski definition) is 1. The minimum Gasteiger partial charge on any atom is -0.307 e. The number of alkyl halides is 1. The van der Waals surface area contributed by atoms with Crippen molar-refractivity contribution in [2.45, 2.75) is 26.8 Å². The van der Waals surface area contributed by atoms with Gasteiger partial charge in [-0.1, -0.05) is 19.9 Å².